The number of hydrogen-bond acceptors (Lipinski definition) is 3. The monoisotopic (exact) mass is 379 g/mol. The number of amides is 1. The Bertz CT molecular complexity index is 720. The SMILES string of the molecule is COC(=O)c1cccc(NC(=O)C(Br)Cc2ccccc2F)c1. The lowest BCUT2D eigenvalue weighted by Gasteiger charge is -2.12. The number of rotatable bonds is 5. The summed E-state index contributed by atoms with van der Waals surface area (Å²) in [5.41, 5.74) is 1.26. The van der Waals surface area contributed by atoms with E-state index in [9.17, 15) is 14.0 Å². The molecular formula is C17H15BrFNO3. The summed E-state index contributed by atoms with van der Waals surface area (Å²) < 4.78 is 18.3. The van der Waals surface area contributed by atoms with Crippen molar-refractivity contribution >= 4 is 33.5 Å². The molecule has 23 heavy (non-hydrogen) atoms. The van der Waals surface area contributed by atoms with Crippen molar-refractivity contribution in [2.24, 2.45) is 0 Å². The molecule has 1 unspecified atom stereocenters. The van der Waals surface area contributed by atoms with Crippen LogP contribution < -0.4 is 5.32 Å². The zero-order chi connectivity index (χ0) is 16.8. The molecule has 0 aliphatic carbocycles. The predicted molar refractivity (Wildman–Crippen MR) is 89.2 cm³/mol. The minimum atomic E-state index is -0.596. The van der Waals surface area contributed by atoms with Gasteiger partial charge in [0, 0.05) is 5.69 Å². The van der Waals surface area contributed by atoms with Gasteiger partial charge in [0.25, 0.3) is 0 Å². The first-order valence-corrected chi connectivity index (χ1v) is 7.79. The van der Waals surface area contributed by atoms with Crippen molar-refractivity contribution in [1.29, 1.82) is 0 Å². The van der Waals surface area contributed by atoms with Crippen LogP contribution >= 0.6 is 15.9 Å². The highest BCUT2D eigenvalue weighted by molar-refractivity contribution is 9.10. The van der Waals surface area contributed by atoms with E-state index in [1.165, 1.54) is 19.2 Å². The maximum Gasteiger partial charge on any atom is 0.337 e. The molecule has 6 heteroatoms. The minimum absolute atomic E-state index is 0.217. The third-order valence-corrected chi connectivity index (χ3v) is 3.93. The molecule has 0 fully saturated rings. The maximum atomic E-state index is 13.6. The fourth-order valence-electron chi connectivity index (χ4n) is 2.01. The fourth-order valence-corrected chi connectivity index (χ4v) is 2.48. The average molecular weight is 380 g/mol. The Labute approximate surface area is 141 Å². The molecule has 0 aromatic heterocycles. The molecule has 0 spiro atoms. The van der Waals surface area contributed by atoms with Crippen LogP contribution in [-0.2, 0) is 16.0 Å². The number of anilines is 1. The van der Waals surface area contributed by atoms with Gasteiger partial charge in [0.1, 0.15) is 5.82 Å². The number of benzene rings is 2. The highest BCUT2D eigenvalue weighted by atomic mass is 79.9. The number of nitrogens with one attached hydrogen (secondary N) is 1. The number of hydrogen-bond donors (Lipinski definition) is 1. The van der Waals surface area contributed by atoms with Gasteiger partial charge in [0.2, 0.25) is 5.91 Å². The Balaban J connectivity index is 2.04. The molecule has 1 amide bonds. The van der Waals surface area contributed by atoms with Gasteiger partial charge in [-0.15, -0.1) is 0 Å². The summed E-state index contributed by atoms with van der Waals surface area (Å²) in [4.78, 5) is 23.1. The first-order chi connectivity index (χ1) is 11.0. The molecule has 0 saturated carbocycles. The molecule has 2 aromatic carbocycles. The van der Waals surface area contributed by atoms with Crippen LogP contribution in [0.5, 0.6) is 0 Å². The Morgan fingerprint density at radius 1 is 1.22 bits per heavy atom. The summed E-state index contributed by atoms with van der Waals surface area (Å²) in [6.07, 6.45) is 0.217. The first-order valence-electron chi connectivity index (χ1n) is 6.88. The highest BCUT2D eigenvalue weighted by Crippen LogP contribution is 2.17. The summed E-state index contributed by atoms with van der Waals surface area (Å²) in [6, 6.07) is 12.7. The largest absolute Gasteiger partial charge is 0.465 e. The molecule has 1 atom stereocenters. The molecule has 0 heterocycles. The molecule has 1 N–H and O–H groups in total. The second kappa shape index (κ2) is 7.87. The van der Waals surface area contributed by atoms with Crippen molar-refractivity contribution in [3.63, 3.8) is 0 Å². The molecule has 0 saturated heterocycles. The first kappa shape index (κ1) is 17.1. The van der Waals surface area contributed by atoms with Crippen LogP contribution in [0.25, 0.3) is 0 Å². The van der Waals surface area contributed by atoms with Gasteiger partial charge in [0.15, 0.2) is 0 Å². The standard InChI is InChI=1S/C17H15BrFNO3/c1-23-17(22)12-6-4-7-13(9-12)20-16(21)14(18)10-11-5-2-3-8-15(11)19/h2-9,14H,10H2,1H3,(H,20,21). The van der Waals surface area contributed by atoms with Crippen molar-refractivity contribution in [2.75, 3.05) is 12.4 Å². The topological polar surface area (TPSA) is 55.4 Å². The minimum Gasteiger partial charge on any atom is -0.465 e. The third-order valence-electron chi connectivity index (χ3n) is 3.19. The quantitative estimate of drug-likeness (QED) is 0.638. The lowest BCUT2D eigenvalue weighted by molar-refractivity contribution is -0.115. The summed E-state index contributed by atoms with van der Waals surface area (Å²) >= 11 is 3.26. The molecule has 0 aliphatic heterocycles. The number of carbonyl (C=O) groups excluding carboxylic acids is 2. The van der Waals surface area contributed by atoms with E-state index in [1.807, 2.05) is 0 Å². The van der Waals surface area contributed by atoms with Crippen molar-refractivity contribution in [3.05, 3.63) is 65.5 Å². The Hall–Kier alpha value is -2.21. The zero-order valence-corrected chi connectivity index (χ0v) is 14.0. The van der Waals surface area contributed by atoms with E-state index in [-0.39, 0.29) is 18.1 Å². The van der Waals surface area contributed by atoms with Crippen LogP contribution in [0.15, 0.2) is 48.5 Å². The summed E-state index contributed by atoms with van der Waals surface area (Å²) in [5, 5.41) is 2.68. The van der Waals surface area contributed by atoms with Gasteiger partial charge in [-0.1, -0.05) is 40.2 Å². The van der Waals surface area contributed by atoms with E-state index in [0.29, 0.717) is 16.8 Å². The smallest absolute Gasteiger partial charge is 0.337 e. The van der Waals surface area contributed by atoms with Crippen LogP contribution in [-0.4, -0.2) is 23.8 Å². The number of alkyl halides is 1. The molecule has 4 nitrogen and oxygen atoms in total. The van der Waals surface area contributed by atoms with E-state index >= 15 is 0 Å². The van der Waals surface area contributed by atoms with Gasteiger partial charge in [-0.05, 0) is 36.2 Å². The van der Waals surface area contributed by atoms with E-state index in [2.05, 4.69) is 26.0 Å². The van der Waals surface area contributed by atoms with Crippen LogP contribution in [0, 0.1) is 5.82 Å². The normalized spacial score (nSPS) is 11.6. The number of halogens is 2. The highest BCUT2D eigenvalue weighted by Gasteiger charge is 2.18. The number of esters is 1. The summed E-state index contributed by atoms with van der Waals surface area (Å²) in [5.74, 6) is -1.16. The van der Waals surface area contributed by atoms with Crippen LogP contribution in [0.2, 0.25) is 0 Å². The van der Waals surface area contributed by atoms with E-state index in [1.54, 1.807) is 36.4 Å². The van der Waals surface area contributed by atoms with Gasteiger partial charge in [-0.25, -0.2) is 9.18 Å². The van der Waals surface area contributed by atoms with Gasteiger partial charge in [-0.2, -0.15) is 0 Å². The average Bonchev–Trinajstić information content (AvgIpc) is 2.56. The van der Waals surface area contributed by atoms with E-state index < -0.39 is 10.8 Å². The Morgan fingerprint density at radius 2 is 1.96 bits per heavy atom. The van der Waals surface area contributed by atoms with Crippen molar-refractivity contribution in [2.45, 2.75) is 11.2 Å². The van der Waals surface area contributed by atoms with Crippen molar-refractivity contribution in [1.82, 2.24) is 0 Å². The molecule has 0 radical (unpaired) electrons. The molecular weight excluding hydrogens is 365 g/mol. The second-order valence-electron chi connectivity index (χ2n) is 4.82. The lowest BCUT2D eigenvalue weighted by atomic mass is 10.1. The molecule has 120 valence electrons. The van der Waals surface area contributed by atoms with Gasteiger partial charge in [-0.3, -0.25) is 4.79 Å². The van der Waals surface area contributed by atoms with Crippen LogP contribution in [0.1, 0.15) is 15.9 Å². The molecule has 0 bridgehead atoms. The van der Waals surface area contributed by atoms with Gasteiger partial charge >= 0.3 is 5.97 Å². The Morgan fingerprint density at radius 3 is 2.65 bits per heavy atom. The van der Waals surface area contributed by atoms with E-state index in [0.717, 1.165) is 0 Å². The Kier molecular flexibility index (Phi) is 5.87. The maximum absolute atomic E-state index is 13.6. The zero-order valence-electron chi connectivity index (χ0n) is 12.4. The lowest BCUT2D eigenvalue weighted by Crippen LogP contribution is -2.25. The van der Waals surface area contributed by atoms with Gasteiger partial charge in [0.05, 0.1) is 17.5 Å². The predicted octanol–water partition coefficient (Wildman–Crippen LogP) is 3.56. The third kappa shape index (κ3) is 4.63. The number of methoxy groups -OCH3 is 1. The fraction of sp³-hybridized carbons (Fsp3) is 0.176. The van der Waals surface area contributed by atoms with Gasteiger partial charge < -0.3 is 10.1 Å². The van der Waals surface area contributed by atoms with Crippen molar-refractivity contribution in [3.8, 4) is 0 Å². The molecule has 0 aliphatic rings. The van der Waals surface area contributed by atoms with Crippen LogP contribution in [0.4, 0.5) is 10.1 Å². The second-order valence-corrected chi connectivity index (χ2v) is 5.93. The number of ether oxygens (including phenoxy) is 1. The van der Waals surface area contributed by atoms with E-state index in [4.69, 9.17) is 0 Å². The molecule has 2 aromatic rings. The van der Waals surface area contributed by atoms with Crippen LogP contribution in [0.3, 0.4) is 0 Å². The van der Waals surface area contributed by atoms with Crippen molar-refractivity contribution < 1.29 is 18.7 Å². The summed E-state index contributed by atoms with van der Waals surface area (Å²) in [6.45, 7) is 0. The summed E-state index contributed by atoms with van der Waals surface area (Å²) in [7, 11) is 1.29. The molecule has 2 rings (SSSR count). The number of carbonyl (C=O) groups is 2.